The molecular formula is C14H19NO3. The Morgan fingerprint density at radius 2 is 1.94 bits per heavy atom. The number of hydrogen-bond acceptors (Lipinski definition) is 3. The van der Waals surface area contributed by atoms with Crippen LogP contribution in [-0.2, 0) is 17.6 Å². The Labute approximate surface area is 107 Å². The van der Waals surface area contributed by atoms with Crippen LogP contribution in [0.4, 0.5) is 0 Å². The third-order valence-electron chi connectivity index (χ3n) is 3.51. The Balaban J connectivity index is 2.22. The molecule has 4 heteroatoms. The zero-order valence-corrected chi connectivity index (χ0v) is 10.9. The second-order valence-electron chi connectivity index (χ2n) is 4.63. The Bertz CT molecular complexity index is 457. The molecule has 1 amide bonds. The van der Waals surface area contributed by atoms with E-state index in [1.54, 1.807) is 12.0 Å². The molecule has 1 aliphatic rings. The molecule has 2 rings (SSSR count). The van der Waals surface area contributed by atoms with Crippen LogP contribution < -0.4 is 4.74 Å². The van der Waals surface area contributed by atoms with Crippen molar-refractivity contribution in [2.75, 3.05) is 26.8 Å². The van der Waals surface area contributed by atoms with Crippen molar-refractivity contribution in [3.8, 4) is 5.75 Å². The van der Waals surface area contributed by atoms with Crippen LogP contribution in [0, 0.1) is 6.92 Å². The number of amides is 1. The third kappa shape index (κ3) is 2.48. The van der Waals surface area contributed by atoms with E-state index >= 15 is 0 Å². The second-order valence-corrected chi connectivity index (χ2v) is 4.63. The first-order valence-electron chi connectivity index (χ1n) is 6.20. The van der Waals surface area contributed by atoms with Crippen molar-refractivity contribution in [2.45, 2.75) is 19.8 Å². The molecule has 1 N–H and O–H groups in total. The van der Waals surface area contributed by atoms with Gasteiger partial charge in [-0.25, -0.2) is 0 Å². The Kier molecular flexibility index (Phi) is 3.87. The molecule has 4 nitrogen and oxygen atoms in total. The number of fused-ring (bicyclic) bond motifs is 1. The van der Waals surface area contributed by atoms with Gasteiger partial charge in [-0.05, 0) is 42.5 Å². The van der Waals surface area contributed by atoms with E-state index in [0.29, 0.717) is 13.1 Å². The predicted molar refractivity (Wildman–Crippen MR) is 68.8 cm³/mol. The molecule has 0 atom stereocenters. The van der Waals surface area contributed by atoms with Crippen molar-refractivity contribution in [1.29, 1.82) is 0 Å². The van der Waals surface area contributed by atoms with E-state index in [0.717, 1.165) is 24.2 Å². The number of rotatable bonds is 2. The van der Waals surface area contributed by atoms with Crippen molar-refractivity contribution in [3.05, 3.63) is 28.8 Å². The standard InChI is InChI=1S/C14H19NO3/c1-10-7-11-3-5-15(14(17)9-16)6-4-12(11)8-13(10)18-2/h7-8,16H,3-6,9H2,1-2H3. The molecule has 1 aromatic carbocycles. The van der Waals surface area contributed by atoms with Gasteiger partial charge in [-0.15, -0.1) is 0 Å². The van der Waals surface area contributed by atoms with Crippen LogP contribution in [0.2, 0.25) is 0 Å². The molecule has 0 spiro atoms. The predicted octanol–water partition coefficient (Wildman–Crippen LogP) is 0.923. The van der Waals surface area contributed by atoms with Gasteiger partial charge in [-0.1, -0.05) is 6.07 Å². The second kappa shape index (κ2) is 5.40. The number of ether oxygens (including phenoxy) is 1. The highest BCUT2D eigenvalue weighted by Gasteiger charge is 2.18. The molecule has 18 heavy (non-hydrogen) atoms. The van der Waals surface area contributed by atoms with E-state index in [1.165, 1.54) is 11.1 Å². The van der Waals surface area contributed by atoms with Gasteiger partial charge in [0.1, 0.15) is 12.4 Å². The van der Waals surface area contributed by atoms with Gasteiger partial charge < -0.3 is 14.7 Å². The molecule has 0 radical (unpaired) electrons. The minimum atomic E-state index is -0.404. The van der Waals surface area contributed by atoms with E-state index in [1.807, 2.05) is 6.92 Å². The summed E-state index contributed by atoms with van der Waals surface area (Å²) >= 11 is 0. The highest BCUT2D eigenvalue weighted by molar-refractivity contribution is 5.77. The summed E-state index contributed by atoms with van der Waals surface area (Å²) in [6, 6.07) is 4.21. The lowest BCUT2D eigenvalue weighted by molar-refractivity contribution is -0.134. The first kappa shape index (κ1) is 12.9. The zero-order chi connectivity index (χ0) is 13.1. The Morgan fingerprint density at radius 3 is 2.50 bits per heavy atom. The van der Waals surface area contributed by atoms with Gasteiger partial charge >= 0.3 is 0 Å². The molecule has 1 aliphatic heterocycles. The maximum Gasteiger partial charge on any atom is 0.248 e. The first-order valence-corrected chi connectivity index (χ1v) is 6.20. The number of nitrogens with zero attached hydrogens (tertiary/aromatic N) is 1. The number of methoxy groups -OCH3 is 1. The molecule has 0 unspecified atom stereocenters. The lowest BCUT2D eigenvalue weighted by atomic mass is 10.00. The van der Waals surface area contributed by atoms with E-state index < -0.39 is 6.61 Å². The first-order chi connectivity index (χ1) is 8.65. The van der Waals surface area contributed by atoms with Gasteiger partial charge in [0.25, 0.3) is 0 Å². The average molecular weight is 249 g/mol. The average Bonchev–Trinajstić information content (AvgIpc) is 2.59. The quantitative estimate of drug-likeness (QED) is 0.848. The SMILES string of the molecule is COc1cc2c(cc1C)CCN(C(=O)CO)CC2. The number of aliphatic hydroxyl groups excluding tert-OH is 1. The highest BCUT2D eigenvalue weighted by atomic mass is 16.5. The number of carbonyl (C=O) groups is 1. The summed E-state index contributed by atoms with van der Waals surface area (Å²) in [5.74, 6) is 0.710. The van der Waals surface area contributed by atoms with Crippen LogP contribution in [0.25, 0.3) is 0 Å². The fourth-order valence-corrected chi connectivity index (χ4v) is 2.45. The molecule has 0 aliphatic carbocycles. The molecule has 0 saturated carbocycles. The van der Waals surface area contributed by atoms with E-state index in [4.69, 9.17) is 9.84 Å². The largest absolute Gasteiger partial charge is 0.496 e. The summed E-state index contributed by atoms with van der Waals surface area (Å²) in [6.07, 6.45) is 1.66. The van der Waals surface area contributed by atoms with Crippen LogP contribution in [0.5, 0.6) is 5.75 Å². The van der Waals surface area contributed by atoms with Crippen molar-refractivity contribution >= 4 is 5.91 Å². The van der Waals surface area contributed by atoms with Crippen molar-refractivity contribution in [3.63, 3.8) is 0 Å². The lowest BCUT2D eigenvalue weighted by Gasteiger charge is -2.18. The van der Waals surface area contributed by atoms with Gasteiger partial charge in [-0.2, -0.15) is 0 Å². The van der Waals surface area contributed by atoms with Crippen LogP contribution in [-0.4, -0.2) is 42.7 Å². The van der Waals surface area contributed by atoms with Crippen molar-refractivity contribution in [2.24, 2.45) is 0 Å². The van der Waals surface area contributed by atoms with Crippen LogP contribution >= 0.6 is 0 Å². The molecule has 98 valence electrons. The van der Waals surface area contributed by atoms with Gasteiger partial charge in [-0.3, -0.25) is 4.79 Å². The maximum atomic E-state index is 11.5. The molecule has 0 fully saturated rings. The topological polar surface area (TPSA) is 49.8 Å². The smallest absolute Gasteiger partial charge is 0.248 e. The summed E-state index contributed by atoms with van der Waals surface area (Å²) in [6.45, 7) is 2.97. The molecular weight excluding hydrogens is 230 g/mol. The number of hydrogen-bond donors (Lipinski definition) is 1. The summed E-state index contributed by atoms with van der Waals surface area (Å²) in [4.78, 5) is 13.2. The number of carbonyl (C=O) groups excluding carboxylic acids is 1. The van der Waals surface area contributed by atoms with Crippen molar-refractivity contribution < 1.29 is 14.6 Å². The zero-order valence-electron chi connectivity index (χ0n) is 10.9. The van der Waals surface area contributed by atoms with Gasteiger partial charge in [0.2, 0.25) is 5.91 Å². The highest BCUT2D eigenvalue weighted by Crippen LogP contribution is 2.25. The fourth-order valence-electron chi connectivity index (χ4n) is 2.45. The monoisotopic (exact) mass is 249 g/mol. The summed E-state index contributed by atoms with van der Waals surface area (Å²) in [5.41, 5.74) is 3.64. The molecule has 0 saturated heterocycles. The molecule has 1 aromatic rings. The number of aliphatic hydroxyl groups is 1. The number of benzene rings is 1. The fraction of sp³-hybridized carbons (Fsp3) is 0.500. The minimum Gasteiger partial charge on any atom is -0.496 e. The Morgan fingerprint density at radius 1 is 1.33 bits per heavy atom. The van der Waals surface area contributed by atoms with Crippen LogP contribution in [0.1, 0.15) is 16.7 Å². The lowest BCUT2D eigenvalue weighted by Crippen LogP contribution is -2.35. The minimum absolute atomic E-state index is 0.188. The summed E-state index contributed by atoms with van der Waals surface area (Å²) < 4.78 is 5.33. The third-order valence-corrected chi connectivity index (χ3v) is 3.51. The van der Waals surface area contributed by atoms with Crippen LogP contribution in [0.3, 0.4) is 0 Å². The summed E-state index contributed by atoms with van der Waals surface area (Å²) in [7, 11) is 1.67. The van der Waals surface area contributed by atoms with E-state index in [2.05, 4.69) is 12.1 Å². The van der Waals surface area contributed by atoms with Gasteiger partial charge in [0, 0.05) is 13.1 Å². The van der Waals surface area contributed by atoms with Gasteiger partial charge in [0.05, 0.1) is 7.11 Å². The van der Waals surface area contributed by atoms with Gasteiger partial charge in [0.15, 0.2) is 0 Å². The maximum absolute atomic E-state index is 11.5. The normalized spacial score (nSPS) is 14.9. The molecule has 1 heterocycles. The Hall–Kier alpha value is -1.55. The molecule has 0 aromatic heterocycles. The van der Waals surface area contributed by atoms with E-state index in [-0.39, 0.29) is 5.91 Å². The molecule has 0 bridgehead atoms. The summed E-state index contributed by atoms with van der Waals surface area (Å²) in [5, 5.41) is 8.91. The number of aryl methyl sites for hydroxylation is 1. The van der Waals surface area contributed by atoms with E-state index in [9.17, 15) is 4.79 Å². The van der Waals surface area contributed by atoms with Crippen molar-refractivity contribution in [1.82, 2.24) is 4.90 Å². The van der Waals surface area contributed by atoms with Crippen LogP contribution in [0.15, 0.2) is 12.1 Å².